The molecule has 3 aromatic carbocycles. The summed E-state index contributed by atoms with van der Waals surface area (Å²) in [6.07, 6.45) is 0. The van der Waals surface area contributed by atoms with Gasteiger partial charge in [-0.05, 0) is 48.5 Å². The van der Waals surface area contributed by atoms with Gasteiger partial charge in [-0.1, -0.05) is 37.2 Å². The first kappa shape index (κ1) is 25.0. The lowest BCUT2D eigenvalue weighted by Crippen LogP contribution is -2.10. The van der Waals surface area contributed by atoms with Gasteiger partial charge in [0, 0.05) is 39.5 Å². The van der Waals surface area contributed by atoms with Crippen LogP contribution >= 0.6 is 11.6 Å². The molecule has 1 aromatic heterocycles. The van der Waals surface area contributed by atoms with Crippen molar-refractivity contribution in [2.75, 3.05) is 5.32 Å². The third kappa shape index (κ3) is 4.68. The minimum Gasteiger partial charge on any atom is -0.478 e. The van der Waals surface area contributed by atoms with E-state index >= 15 is 0 Å². The largest absolute Gasteiger partial charge is 0.478 e. The lowest BCUT2D eigenvalue weighted by atomic mass is 9.94. The van der Waals surface area contributed by atoms with E-state index in [9.17, 15) is 9.18 Å². The molecule has 4 N–H and O–H groups in total. The van der Waals surface area contributed by atoms with Gasteiger partial charge >= 0.3 is 5.97 Å². The Bertz CT molecular complexity index is 1490. The molecule has 1 aliphatic rings. The minimum absolute atomic E-state index is 0. The number of nitrogens with zero attached hydrogens (tertiary/aromatic N) is 3. The highest BCUT2D eigenvalue weighted by Gasteiger charge is 2.25. The van der Waals surface area contributed by atoms with E-state index < -0.39 is 5.97 Å². The van der Waals surface area contributed by atoms with Crippen LogP contribution in [0.2, 0.25) is 5.02 Å². The van der Waals surface area contributed by atoms with Crippen LogP contribution in [0.25, 0.3) is 11.3 Å². The summed E-state index contributed by atoms with van der Waals surface area (Å²) in [4.78, 5) is 25.2. The summed E-state index contributed by atoms with van der Waals surface area (Å²) in [5.41, 5.74) is 11.0. The number of nitrogens with one attached hydrogen (secondary N) is 1. The quantitative estimate of drug-likeness (QED) is 0.316. The van der Waals surface area contributed by atoms with E-state index in [2.05, 4.69) is 10.3 Å². The molecule has 0 bridgehead atoms. The number of hydrogen-bond donors (Lipinski definition) is 3. The van der Waals surface area contributed by atoms with Gasteiger partial charge in [-0.15, -0.1) is 0 Å². The molecule has 9 heteroatoms. The van der Waals surface area contributed by atoms with Gasteiger partial charge in [0.05, 0.1) is 29.2 Å². The van der Waals surface area contributed by atoms with Crippen molar-refractivity contribution >= 4 is 34.9 Å². The molecule has 0 amide bonds. The fourth-order valence-electron chi connectivity index (χ4n) is 4.01. The van der Waals surface area contributed by atoms with Crippen molar-refractivity contribution in [1.29, 1.82) is 0 Å². The SMILES string of the molecule is C.NCc1nc(Nc2ccc(C(=O)O)cc2)nc2c1CN=C(c1ccccc1F)c1cc(Cl)ccc1-2. The van der Waals surface area contributed by atoms with Crippen LogP contribution in [0, 0.1) is 5.82 Å². The van der Waals surface area contributed by atoms with Gasteiger partial charge < -0.3 is 16.2 Å². The molecule has 0 spiro atoms. The van der Waals surface area contributed by atoms with Crippen molar-refractivity contribution in [2.45, 2.75) is 20.5 Å². The number of benzene rings is 3. The monoisotopic (exact) mass is 503 g/mol. The zero-order valence-corrected chi connectivity index (χ0v) is 19.1. The van der Waals surface area contributed by atoms with Crippen LogP contribution in [0.5, 0.6) is 0 Å². The molecule has 0 atom stereocenters. The van der Waals surface area contributed by atoms with Crippen LogP contribution in [-0.2, 0) is 13.1 Å². The van der Waals surface area contributed by atoms with E-state index in [0.717, 1.165) is 11.1 Å². The fourth-order valence-corrected chi connectivity index (χ4v) is 4.19. The molecule has 4 aromatic rings. The number of anilines is 2. The van der Waals surface area contributed by atoms with Gasteiger partial charge in [-0.2, -0.15) is 0 Å². The molecule has 0 radical (unpaired) electrons. The molecule has 36 heavy (non-hydrogen) atoms. The molecule has 2 heterocycles. The number of aromatic nitrogens is 2. The maximum Gasteiger partial charge on any atom is 0.335 e. The van der Waals surface area contributed by atoms with Crippen molar-refractivity contribution in [3.8, 4) is 11.3 Å². The van der Waals surface area contributed by atoms with Crippen molar-refractivity contribution in [3.63, 3.8) is 0 Å². The zero-order chi connectivity index (χ0) is 24.5. The van der Waals surface area contributed by atoms with E-state index in [4.69, 9.17) is 32.4 Å². The predicted octanol–water partition coefficient (Wildman–Crippen LogP) is 5.82. The highest BCUT2D eigenvalue weighted by atomic mass is 35.5. The van der Waals surface area contributed by atoms with Crippen molar-refractivity contribution in [2.24, 2.45) is 10.7 Å². The van der Waals surface area contributed by atoms with Crippen molar-refractivity contribution in [1.82, 2.24) is 9.97 Å². The summed E-state index contributed by atoms with van der Waals surface area (Å²) in [5, 5.41) is 12.7. The summed E-state index contributed by atoms with van der Waals surface area (Å²) in [6, 6.07) is 18.0. The molecule has 0 unspecified atom stereocenters. The van der Waals surface area contributed by atoms with Gasteiger partial charge in [0.1, 0.15) is 5.82 Å². The number of carboxylic acids is 1. The van der Waals surface area contributed by atoms with Crippen molar-refractivity contribution in [3.05, 3.63) is 106 Å². The van der Waals surface area contributed by atoms with E-state index in [1.54, 1.807) is 42.5 Å². The summed E-state index contributed by atoms with van der Waals surface area (Å²) < 4.78 is 14.8. The number of carboxylic acid groups (broad SMARTS) is 1. The molecule has 0 saturated heterocycles. The molecule has 0 aliphatic carbocycles. The highest BCUT2D eigenvalue weighted by molar-refractivity contribution is 6.31. The molecule has 0 saturated carbocycles. The zero-order valence-electron chi connectivity index (χ0n) is 18.3. The Kier molecular flexibility index (Phi) is 7.10. The van der Waals surface area contributed by atoms with Gasteiger partial charge in [0.25, 0.3) is 0 Å². The maximum absolute atomic E-state index is 14.8. The Balaban J connectivity index is 0.00000304. The first-order valence-electron chi connectivity index (χ1n) is 10.7. The molecular formula is C27H23ClFN5O2. The maximum atomic E-state index is 14.8. The number of carbonyl (C=O) groups is 1. The van der Waals surface area contributed by atoms with Crippen LogP contribution < -0.4 is 11.1 Å². The third-order valence-corrected chi connectivity index (χ3v) is 5.93. The van der Waals surface area contributed by atoms with E-state index in [-0.39, 0.29) is 31.9 Å². The second-order valence-corrected chi connectivity index (χ2v) is 8.30. The van der Waals surface area contributed by atoms with Crippen molar-refractivity contribution < 1.29 is 14.3 Å². The summed E-state index contributed by atoms with van der Waals surface area (Å²) in [6.45, 7) is 0.358. The number of aliphatic imine (C=N–C) groups is 1. The molecule has 7 nitrogen and oxygen atoms in total. The number of aromatic carboxylic acids is 1. The van der Waals surface area contributed by atoms with Crippen LogP contribution in [-0.4, -0.2) is 26.8 Å². The standard InChI is InChI=1S/C26H19ClFN5O2.CH4/c27-15-7-10-17-19(11-15)23(18-3-1-2-4-21(18)28)30-13-20-22(12-29)32-26(33-24(17)20)31-16-8-5-14(6-9-16)25(34)35;/h1-11H,12-13,29H2,(H,34,35)(H,31,32,33);1H4. The molecule has 0 fully saturated rings. The third-order valence-electron chi connectivity index (χ3n) is 5.69. The number of fused-ring (bicyclic) bond motifs is 3. The average molecular weight is 504 g/mol. The topological polar surface area (TPSA) is 113 Å². The lowest BCUT2D eigenvalue weighted by Gasteiger charge is -2.15. The van der Waals surface area contributed by atoms with Crippen LogP contribution in [0.1, 0.15) is 40.2 Å². The van der Waals surface area contributed by atoms with Gasteiger partial charge in [0.2, 0.25) is 5.95 Å². The molecular weight excluding hydrogens is 481 g/mol. The second kappa shape index (κ2) is 10.2. The summed E-state index contributed by atoms with van der Waals surface area (Å²) in [5.74, 6) is -1.10. The first-order chi connectivity index (χ1) is 16.9. The second-order valence-electron chi connectivity index (χ2n) is 7.87. The highest BCUT2D eigenvalue weighted by Crippen LogP contribution is 2.35. The Labute approximate surface area is 212 Å². The summed E-state index contributed by atoms with van der Waals surface area (Å²) in [7, 11) is 0. The lowest BCUT2D eigenvalue weighted by molar-refractivity contribution is 0.0697. The Morgan fingerprint density at radius 3 is 2.47 bits per heavy atom. The Morgan fingerprint density at radius 2 is 1.78 bits per heavy atom. The first-order valence-corrected chi connectivity index (χ1v) is 11.1. The van der Waals surface area contributed by atoms with Gasteiger partial charge in [0.15, 0.2) is 0 Å². The Morgan fingerprint density at radius 1 is 1.03 bits per heavy atom. The van der Waals surface area contributed by atoms with Crippen LogP contribution in [0.4, 0.5) is 16.0 Å². The summed E-state index contributed by atoms with van der Waals surface area (Å²) >= 11 is 6.33. The Hall–Kier alpha value is -4.14. The molecule has 1 aliphatic heterocycles. The van der Waals surface area contributed by atoms with Gasteiger partial charge in [-0.25, -0.2) is 19.2 Å². The number of halogens is 2. The number of hydrogen-bond acceptors (Lipinski definition) is 6. The average Bonchev–Trinajstić information content (AvgIpc) is 3.01. The normalized spacial score (nSPS) is 11.9. The smallest absolute Gasteiger partial charge is 0.335 e. The minimum atomic E-state index is -1.01. The molecule has 5 rings (SSSR count). The van der Waals surface area contributed by atoms with Crippen LogP contribution in [0.15, 0.2) is 71.7 Å². The fraction of sp³-hybridized carbons (Fsp3) is 0.111. The van der Waals surface area contributed by atoms with E-state index in [0.29, 0.717) is 44.9 Å². The number of nitrogens with two attached hydrogens (primary N) is 1. The molecule has 182 valence electrons. The van der Waals surface area contributed by atoms with Crippen LogP contribution in [0.3, 0.4) is 0 Å². The van der Waals surface area contributed by atoms with E-state index in [1.165, 1.54) is 18.2 Å². The number of rotatable bonds is 5. The van der Waals surface area contributed by atoms with Gasteiger partial charge in [-0.3, -0.25) is 4.99 Å². The van der Waals surface area contributed by atoms with E-state index in [1.807, 2.05) is 6.07 Å². The predicted molar refractivity (Wildman–Crippen MR) is 140 cm³/mol.